The van der Waals surface area contributed by atoms with Crippen molar-refractivity contribution in [1.82, 2.24) is 0 Å². The van der Waals surface area contributed by atoms with Gasteiger partial charge in [0, 0.05) is 27.9 Å². The maximum Gasteiger partial charge on any atom is 0.300 e. The third-order valence-corrected chi connectivity index (χ3v) is 5.86. The fourth-order valence-corrected chi connectivity index (χ4v) is 3.96. The molecule has 1 N–H and O–H groups in total. The van der Waals surface area contributed by atoms with Crippen LogP contribution in [0.5, 0.6) is 5.75 Å². The number of rotatable bonds is 5. The average Bonchev–Trinajstić information content (AvgIpc) is 3.09. The van der Waals surface area contributed by atoms with Gasteiger partial charge in [-0.25, -0.2) is 0 Å². The first-order valence-corrected chi connectivity index (χ1v) is 10.6. The monoisotopic (exact) mass is 508 g/mol. The van der Waals surface area contributed by atoms with Crippen LogP contribution in [0.3, 0.4) is 0 Å². The number of non-ortho nitro benzene ring substituents is 1. The van der Waals surface area contributed by atoms with Crippen molar-refractivity contribution in [1.29, 1.82) is 0 Å². The molecule has 4 rings (SSSR count). The van der Waals surface area contributed by atoms with Crippen LogP contribution in [-0.4, -0.2) is 28.8 Å². The number of nitro groups is 1. The Kier molecular flexibility index (Phi) is 5.97. The molecule has 166 valence electrons. The van der Waals surface area contributed by atoms with Gasteiger partial charge < -0.3 is 9.84 Å². The Morgan fingerprint density at radius 1 is 1.00 bits per heavy atom. The topological polar surface area (TPSA) is 110 Å². The Morgan fingerprint density at radius 3 is 2.15 bits per heavy atom. The Balaban J connectivity index is 1.91. The number of benzene rings is 3. The van der Waals surface area contributed by atoms with Crippen molar-refractivity contribution in [2.45, 2.75) is 6.04 Å². The van der Waals surface area contributed by atoms with E-state index in [1.165, 1.54) is 36.3 Å². The molecule has 3 aromatic carbocycles. The van der Waals surface area contributed by atoms with Gasteiger partial charge in [0.1, 0.15) is 11.5 Å². The van der Waals surface area contributed by atoms with Crippen LogP contribution in [-0.2, 0) is 9.59 Å². The number of nitrogens with zero attached hydrogens (tertiary/aromatic N) is 2. The Labute approximate surface area is 197 Å². The lowest BCUT2D eigenvalue weighted by Gasteiger charge is -2.25. The molecule has 0 bridgehead atoms. The molecular formula is C24H17BrN2O6. The van der Waals surface area contributed by atoms with Gasteiger partial charge >= 0.3 is 0 Å². The molecule has 0 aliphatic carbocycles. The van der Waals surface area contributed by atoms with Crippen LogP contribution in [0.15, 0.2) is 82.8 Å². The number of carbonyl (C=O) groups is 2. The molecule has 1 fully saturated rings. The SMILES string of the molecule is COc1ccc(N2C(=O)C(=O)C(=C(O)c3ccc(Br)cc3)[C@H]2c2ccc([N+](=O)[O-])cc2)cc1. The summed E-state index contributed by atoms with van der Waals surface area (Å²) in [5.74, 6) is -1.44. The second kappa shape index (κ2) is 8.87. The molecule has 0 saturated carbocycles. The lowest BCUT2D eigenvalue weighted by molar-refractivity contribution is -0.384. The minimum absolute atomic E-state index is 0.105. The first kappa shape index (κ1) is 22.2. The molecule has 8 nitrogen and oxygen atoms in total. The van der Waals surface area contributed by atoms with E-state index in [0.29, 0.717) is 22.6 Å². The summed E-state index contributed by atoms with van der Waals surface area (Å²) in [5, 5.41) is 22.1. The van der Waals surface area contributed by atoms with Crippen molar-refractivity contribution in [3.63, 3.8) is 0 Å². The number of ketones is 1. The second-order valence-corrected chi connectivity index (χ2v) is 8.14. The van der Waals surface area contributed by atoms with Gasteiger partial charge in [0.2, 0.25) is 0 Å². The highest BCUT2D eigenvalue weighted by Gasteiger charge is 2.47. The van der Waals surface area contributed by atoms with E-state index in [1.54, 1.807) is 48.5 Å². The fraction of sp³-hybridized carbons (Fsp3) is 0.0833. The predicted molar refractivity (Wildman–Crippen MR) is 125 cm³/mol. The smallest absolute Gasteiger partial charge is 0.300 e. The minimum Gasteiger partial charge on any atom is -0.507 e. The van der Waals surface area contributed by atoms with E-state index < -0.39 is 22.7 Å². The Morgan fingerprint density at radius 2 is 1.61 bits per heavy atom. The normalized spacial score (nSPS) is 17.3. The lowest BCUT2D eigenvalue weighted by atomic mass is 9.95. The molecule has 0 unspecified atom stereocenters. The van der Waals surface area contributed by atoms with Crippen molar-refractivity contribution in [3.05, 3.63) is 104 Å². The van der Waals surface area contributed by atoms with E-state index in [1.807, 2.05) is 0 Å². The van der Waals surface area contributed by atoms with Crippen LogP contribution in [0.25, 0.3) is 5.76 Å². The van der Waals surface area contributed by atoms with E-state index in [2.05, 4.69) is 15.9 Å². The average molecular weight is 509 g/mol. The molecule has 0 radical (unpaired) electrons. The molecule has 3 aromatic rings. The quantitative estimate of drug-likeness (QED) is 0.171. The van der Waals surface area contributed by atoms with E-state index in [-0.39, 0.29) is 17.0 Å². The van der Waals surface area contributed by atoms with Gasteiger partial charge in [-0.2, -0.15) is 0 Å². The third-order valence-electron chi connectivity index (χ3n) is 5.33. The molecule has 1 aliphatic rings. The van der Waals surface area contributed by atoms with Gasteiger partial charge in [0.25, 0.3) is 17.4 Å². The molecule has 1 heterocycles. The molecule has 0 spiro atoms. The number of aliphatic hydroxyl groups excluding tert-OH is 1. The van der Waals surface area contributed by atoms with Crippen LogP contribution in [0.2, 0.25) is 0 Å². The van der Waals surface area contributed by atoms with Crippen LogP contribution in [0, 0.1) is 10.1 Å². The number of anilines is 1. The van der Waals surface area contributed by atoms with E-state index in [9.17, 15) is 24.8 Å². The van der Waals surface area contributed by atoms with Gasteiger partial charge in [0.15, 0.2) is 0 Å². The Hall–Kier alpha value is -3.98. The van der Waals surface area contributed by atoms with Crippen LogP contribution >= 0.6 is 15.9 Å². The summed E-state index contributed by atoms with van der Waals surface area (Å²) in [6.07, 6.45) is 0. The van der Waals surface area contributed by atoms with Crippen LogP contribution in [0.4, 0.5) is 11.4 Å². The van der Waals surface area contributed by atoms with Crippen molar-refractivity contribution < 1.29 is 24.4 Å². The highest BCUT2D eigenvalue weighted by molar-refractivity contribution is 9.10. The zero-order chi connectivity index (χ0) is 23.7. The van der Waals surface area contributed by atoms with Crippen molar-refractivity contribution >= 4 is 44.8 Å². The summed E-state index contributed by atoms with van der Waals surface area (Å²) >= 11 is 3.33. The molecule has 1 atom stereocenters. The van der Waals surface area contributed by atoms with Gasteiger partial charge in [-0.3, -0.25) is 24.6 Å². The number of methoxy groups -OCH3 is 1. The van der Waals surface area contributed by atoms with E-state index >= 15 is 0 Å². The Bertz CT molecular complexity index is 1270. The number of ether oxygens (including phenoxy) is 1. The third kappa shape index (κ3) is 4.10. The highest BCUT2D eigenvalue weighted by Crippen LogP contribution is 2.42. The van der Waals surface area contributed by atoms with Gasteiger partial charge in [-0.15, -0.1) is 0 Å². The summed E-state index contributed by atoms with van der Waals surface area (Å²) in [6, 6.07) is 17.7. The minimum atomic E-state index is -0.983. The van der Waals surface area contributed by atoms with Crippen molar-refractivity contribution in [2.24, 2.45) is 0 Å². The predicted octanol–water partition coefficient (Wildman–Crippen LogP) is 4.99. The highest BCUT2D eigenvalue weighted by atomic mass is 79.9. The van der Waals surface area contributed by atoms with Crippen LogP contribution in [0.1, 0.15) is 17.2 Å². The van der Waals surface area contributed by atoms with E-state index in [4.69, 9.17) is 4.74 Å². The molecule has 1 aliphatic heterocycles. The van der Waals surface area contributed by atoms with Crippen molar-refractivity contribution in [3.8, 4) is 5.75 Å². The number of amides is 1. The number of carbonyl (C=O) groups excluding carboxylic acids is 2. The molecule has 0 aromatic heterocycles. The summed E-state index contributed by atoms with van der Waals surface area (Å²) in [6.45, 7) is 0. The second-order valence-electron chi connectivity index (χ2n) is 7.22. The fourth-order valence-electron chi connectivity index (χ4n) is 3.70. The largest absolute Gasteiger partial charge is 0.507 e. The molecule has 1 saturated heterocycles. The lowest BCUT2D eigenvalue weighted by Crippen LogP contribution is -2.29. The molecular weight excluding hydrogens is 492 g/mol. The molecule has 1 amide bonds. The first-order chi connectivity index (χ1) is 15.8. The molecule has 9 heteroatoms. The maximum atomic E-state index is 13.1. The summed E-state index contributed by atoms with van der Waals surface area (Å²) in [7, 11) is 1.51. The standard InChI is InChI=1S/C24H17BrN2O6/c1-33-19-12-10-17(11-13-19)26-21(14-4-8-18(9-5-14)27(31)32)20(23(29)24(26)30)22(28)15-2-6-16(25)7-3-15/h2-13,21,28H,1H3/t21-/m1/s1. The number of Topliss-reactive ketones (excluding diaryl/α,β-unsaturated/α-hetero) is 1. The summed E-state index contributed by atoms with van der Waals surface area (Å²) in [5.41, 5.74) is 0.975. The van der Waals surface area contributed by atoms with Gasteiger partial charge in [0.05, 0.1) is 23.6 Å². The number of nitro benzene ring substituents is 1. The number of aliphatic hydroxyl groups is 1. The van der Waals surface area contributed by atoms with Crippen molar-refractivity contribution in [2.75, 3.05) is 12.0 Å². The number of hydrogen-bond donors (Lipinski definition) is 1. The zero-order valence-corrected chi connectivity index (χ0v) is 18.9. The first-order valence-electron chi connectivity index (χ1n) is 9.77. The summed E-state index contributed by atoms with van der Waals surface area (Å²) in [4.78, 5) is 38.0. The van der Waals surface area contributed by atoms with Gasteiger partial charge in [-0.1, -0.05) is 28.1 Å². The number of hydrogen-bond acceptors (Lipinski definition) is 6. The van der Waals surface area contributed by atoms with Gasteiger partial charge in [-0.05, 0) is 54.1 Å². The van der Waals surface area contributed by atoms with Crippen LogP contribution < -0.4 is 9.64 Å². The number of halogens is 1. The maximum absolute atomic E-state index is 13.1. The summed E-state index contributed by atoms with van der Waals surface area (Å²) < 4.78 is 5.95. The molecule has 33 heavy (non-hydrogen) atoms. The zero-order valence-electron chi connectivity index (χ0n) is 17.3. The van der Waals surface area contributed by atoms with E-state index in [0.717, 1.165) is 4.47 Å².